The van der Waals surface area contributed by atoms with Gasteiger partial charge in [0.2, 0.25) is 5.55 Å². The highest BCUT2D eigenvalue weighted by atomic mass is 32.1. The van der Waals surface area contributed by atoms with Crippen LogP contribution in [0.5, 0.6) is 5.75 Å². The molecule has 0 aliphatic carbocycles. The molecular formula is C22H14N2O2S. The van der Waals surface area contributed by atoms with Crippen molar-refractivity contribution < 1.29 is 9.52 Å². The zero-order valence-electron chi connectivity index (χ0n) is 14.1. The lowest BCUT2D eigenvalue weighted by atomic mass is 10.0. The van der Waals surface area contributed by atoms with E-state index in [0.717, 1.165) is 32.4 Å². The van der Waals surface area contributed by atoms with Gasteiger partial charge in [0.25, 0.3) is 0 Å². The predicted octanol–water partition coefficient (Wildman–Crippen LogP) is 5.56. The van der Waals surface area contributed by atoms with Crippen LogP contribution in [-0.4, -0.2) is 10.1 Å². The molecule has 0 aliphatic rings. The van der Waals surface area contributed by atoms with Crippen molar-refractivity contribution in [3.63, 3.8) is 0 Å². The first-order valence-corrected chi connectivity index (χ1v) is 9.33. The standard InChI is InChI=1S/C22H14N2O2S/c23-21-17(22-24-18(12-27-22)13-6-2-1-3-7-13)10-16-14-8-4-5-9-15(14)19(25)11-20(16)26-21/h1-12,23,25H. The number of rotatable bonds is 2. The molecule has 0 aliphatic heterocycles. The molecule has 2 N–H and O–H groups in total. The topological polar surface area (TPSA) is 70.1 Å². The molecule has 0 atom stereocenters. The van der Waals surface area contributed by atoms with Crippen LogP contribution >= 0.6 is 11.3 Å². The number of phenolic OH excluding ortho intramolecular Hbond substituents is 1. The molecule has 2 aromatic heterocycles. The normalized spacial score (nSPS) is 11.3. The van der Waals surface area contributed by atoms with E-state index in [1.165, 1.54) is 11.3 Å². The van der Waals surface area contributed by atoms with Crippen LogP contribution in [0.1, 0.15) is 0 Å². The van der Waals surface area contributed by atoms with Gasteiger partial charge in [-0.25, -0.2) is 4.98 Å². The molecule has 0 fully saturated rings. The largest absolute Gasteiger partial charge is 0.507 e. The number of phenols is 1. The van der Waals surface area contributed by atoms with Crippen molar-refractivity contribution in [2.24, 2.45) is 0 Å². The van der Waals surface area contributed by atoms with Gasteiger partial charge in [-0.15, -0.1) is 11.3 Å². The van der Waals surface area contributed by atoms with Gasteiger partial charge < -0.3 is 9.52 Å². The summed E-state index contributed by atoms with van der Waals surface area (Å²) in [6.45, 7) is 0. The Kier molecular flexibility index (Phi) is 3.55. The average molecular weight is 370 g/mol. The van der Waals surface area contributed by atoms with E-state index in [4.69, 9.17) is 14.8 Å². The van der Waals surface area contributed by atoms with E-state index in [-0.39, 0.29) is 11.3 Å². The summed E-state index contributed by atoms with van der Waals surface area (Å²) in [5.41, 5.74) is 3.08. The van der Waals surface area contributed by atoms with E-state index in [2.05, 4.69) is 0 Å². The molecule has 5 rings (SSSR count). The monoisotopic (exact) mass is 370 g/mol. The van der Waals surface area contributed by atoms with Crippen LogP contribution in [0, 0.1) is 5.41 Å². The zero-order chi connectivity index (χ0) is 18.4. The zero-order valence-corrected chi connectivity index (χ0v) is 15.0. The van der Waals surface area contributed by atoms with Gasteiger partial charge in [0.1, 0.15) is 16.3 Å². The van der Waals surface area contributed by atoms with Crippen LogP contribution in [0.25, 0.3) is 43.6 Å². The number of nitrogens with one attached hydrogen (secondary N) is 1. The summed E-state index contributed by atoms with van der Waals surface area (Å²) in [6.07, 6.45) is 0. The fraction of sp³-hybridized carbons (Fsp3) is 0. The highest BCUT2D eigenvalue weighted by Gasteiger charge is 2.14. The molecule has 0 saturated carbocycles. The van der Waals surface area contributed by atoms with Gasteiger partial charge in [0, 0.05) is 27.8 Å². The minimum absolute atomic E-state index is 0.0335. The minimum atomic E-state index is 0.0335. The fourth-order valence-corrected chi connectivity index (χ4v) is 4.10. The Balaban J connectivity index is 1.74. The Hall–Kier alpha value is -3.44. The summed E-state index contributed by atoms with van der Waals surface area (Å²) < 4.78 is 5.72. The Bertz CT molecular complexity index is 1350. The number of aromatic nitrogens is 1. The van der Waals surface area contributed by atoms with Gasteiger partial charge in [0.15, 0.2) is 0 Å². The molecule has 27 heavy (non-hydrogen) atoms. The van der Waals surface area contributed by atoms with Crippen molar-refractivity contribution in [3.05, 3.63) is 77.7 Å². The molecule has 0 unspecified atom stereocenters. The van der Waals surface area contributed by atoms with E-state index in [1.54, 1.807) is 6.07 Å². The smallest absolute Gasteiger partial charge is 0.222 e. The van der Waals surface area contributed by atoms with Crippen LogP contribution in [0.15, 0.2) is 76.5 Å². The van der Waals surface area contributed by atoms with Gasteiger partial charge in [-0.3, -0.25) is 5.41 Å². The lowest BCUT2D eigenvalue weighted by Gasteiger charge is -2.07. The summed E-state index contributed by atoms with van der Waals surface area (Å²) in [5.74, 6) is 0.148. The fourth-order valence-electron chi connectivity index (χ4n) is 3.26. The van der Waals surface area contributed by atoms with Gasteiger partial charge in [-0.2, -0.15) is 0 Å². The van der Waals surface area contributed by atoms with Gasteiger partial charge >= 0.3 is 0 Å². The summed E-state index contributed by atoms with van der Waals surface area (Å²) in [7, 11) is 0. The number of fused-ring (bicyclic) bond motifs is 3. The number of hydrogen-bond acceptors (Lipinski definition) is 5. The van der Waals surface area contributed by atoms with Crippen LogP contribution < -0.4 is 5.55 Å². The quantitative estimate of drug-likeness (QED) is 0.400. The Morgan fingerprint density at radius 2 is 1.63 bits per heavy atom. The maximum Gasteiger partial charge on any atom is 0.222 e. The first-order chi connectivity index (χ1) is 13.2. The second-order valence-corrected chi connectivity index (χ2v) is 7.10. The number of nitrogens with zero attached hydrogens (tertiary/aromatic N) is 1. The SMILES string of the molecule is N=c1oc2cc(O)c3ccccc3c2cc1-c1nc(-c2ccccc2)cs1. The summed E-state index contributed by atoms with van der Waals surface area (Å²) >= 11 is 1.49. The molecule has 0 bridgehead atoms. The number of benzene rings is 3. The summed E-state index contributed by atoms with van der Waals surface area (Å²) in [5, 5.41) is 23.8. The summed E-state index contributed by atoms with van der Waals surface area (Å²) in [6, 6.07) is 21.1. The van der Waals surface area contributed by atoms with Gasteiger partial charge in [-0.05, 0) is 11.5 Å². The average Bonchev–Trinajstić information content (AvgIpc) is 3.18. The molecule has 0 spiro atoms. The molecule has 0 amide bonds. The third-order valence-electron chi connectivity index (χ3n) is 4.58. The number of aromatic hydroxyl groups is 1. The molecule has 4 nitrogen and oxygen atoms in total. The Labute approximate surface area is 158 Å². The van der Waals surface area contributed by atoms with Crippen molar-refractivity contribution in [1.82, 2.24) is 4.98 Å². The second kappa shape index (κ2) is 6.07. The molecule has 3 aromatic carbocycles. The molecule has 130 valence electrons. The molecule has 0 saturated heterocycles. The van der Waals surface area contributed by atoms with Crippen molar-refractivity contribution in [1.29, 1.82) is 5.41 Å². The van der Waals surface area contributed by atoms with Crippen molar-refractivity contribution >= 4 is 33.1 Å². The maximum absolute atomic E-state index is 10.2. The predicted molar refractivity (Wildman–Crippen MR) is 108 cm³/mol. The van der Waals surface area contributed by atoms with Crippen LogP contribution in [0.4, 0.5) is 0 Å². The Morgan fingerprint density at radius 3 is 2.44 bits per heavy atom. The number of thiazole rings is 1. The Morgan fingerprint density at radius 1 is 0.889 bits per heavy atom. The first kappa shape index (κ1) is 15.8. The molecule has 2 heterocycles. The van der Waals surface area contributed by atoms with Crippen molar-refractivity contribution in [3.8, 4) is 27.6 Å². The van der Waals surface area contributed by atoms with Crippen molar-refractivity contribution in [2.45, 2.75) is 0 Å². The number of hydrogen-bond donors (Lipinski definition) is 2. The van der Waals surface area contributed by atoms with Gasteiger partial charge in [0.05, 0.1) is 11.3 Å². The maximum atomic E-state index is 10.2. The van der Waals surface area contributed by atoms with E-state index >= 15 is 0 Å². The van der Waals surface area contributed by atoms with E-state index in [0.29, 0.717) is 11.1 Å². The lowest BCUT2D eigenvalue weighted by molar-refractivity contribution is 0.478. The molecule has 0 radical (unpaired) electrons. The summed E-state index contributed by atoms with van der Waals surface area (Å²) in [4.78, 5) is 4.71. The third-order valence-corrected chi connectivity index (χ3v) is 5.45. The second-order valence-electron chi connectivity index (χ2n) is 6.25. The molecular weight excluding hydrogens is 356 g/mol. The van der Waals surface area contributed by atoms with E-state index in [9.17, 15) is 5.11 Å². The molecule has 5 aromatic rings. The highest BCUT2D eigenvalue weighted by Crippen LogP contribution is 2.34. The minimum Gasteiger partial charge on any atom is -0.507 e. The first-order valence-electron chi connectivity index (χ1n) is 8.45. The van der Waals surface area contributed by atoms with Crippen LogP contribution in [0.2, 0.25) is 0 Å². The third kappa shape index (κ3) is 2.60. The van der Waals surface area contributed by atoms with Crippen LogP contribution in [-0.2, 0) is 0 Å². The van der Waals surface area contributed by atoms with Crippen molar-refractivity contribution in [2.75, 3.05) is 0 Å². The van der Waals surface area contributed by atoms with E-state index in [1.807, 2.05) is 66.0 Å². The van der Waals surface area contributed by atoms with Crippen LogP contribution in [0.3, 0.4) is 0 Å². The molecule has 5 heteroatoms. The van der Waals surface area contributed by atoms with E-state index < -0.39 is 0 Å². The lowest BCUT2D eigenvalue weighted by Crippen LogP contribution is -2.03. The van der Waals surface area contributed by atoms with Gasteiger partial charge in [-0.1, -0.05) is 54.6 Å². The highest BCUT2D eigenvalue weighted by molar-refractivity contribution is 7.13.